The second-order valence-corrected chi connectivity index (χ2v) is 7.53. The van der Waals surface area contributed by atoms with Gasteiger partial charge in [0.1, 0.15) is 5.76 Å². The number of nitrogens with one attached hydrogen (secondary N) is 1. The second kappa shape index (κ2) is 7.70. The summed E-state index contributed by atoms with van der Waals surface area (Å²) >= 11 is 0. The first-order valence-corrected chi connectivity index (χ1v) is 9.85. The van der Waals surface area contributed by atoms with Crippen molar-refractivity contribution in [2.24, 2.45) is 0 Å². The maximum Gasteiger partial charge on any atom is 0.251 e. The van der Waals surface area contributed by atoms with E-state index in [4.69, 9.17) is 4.52 Å². The van der Waals surface area contributed by atoms with Crippen molar-refractivity contribution in [2.75, 3.05) is 5.32 Å². The monoisotopic (exact) mass is 404 g/mol. The number of carbonyl (C=O) groups is 1. The van der Waals surface area contributed by atoms with Gasteiger partial charge in [-0.15, -0.1) is 0 Å². The number of aromatic nitrogens is 5. The summed E-state index contributed by atoms with van der Waals surface area (Å²) in [4.78, 5) is 21.5. The highest BCUT2D eigenvalue weighted by Crippen LogP contribution is 2.25. The van der Waals surface area contributed by atoms with Crippen molar-refractivity contribution in [3.05, 3.63) is 58.4 Å². The molecule has 30 heavy (non-hydrogen) atoms. The fourth-order valence-electron chi connectivity index (χ4n) is 3.39. The van der Waals surface area contributed by atoms with Crippen LogP contribution in [0.15, 0.2) is 28.9 Å². The number of hydrogen-bond donors (Lipinski definition) is 1. The summed E-state index contributed by atoms with van der Waals surface area (Å²) in [7, 11) is 0. The van der Waals surface area contributed by atoms with E-state index >= 15 is 0 Å². The zero-order valence-electron chi connectivity index (χ0n) is 17.8. The zero-order chi connectivity index (χ0) is 21.4. The van der Waals surface area contributed by atoms with Crippen molar-refractivity contribution >= 4 is 17.4 Å². The molecular weight excluding hydrogens is 380 g/mol. The van der Waals surface area contributed by atoms with Crippen molar-refractivity contribution < 1.29 is 9.32 Å². The molecule has 0 bridgehead atoms. The van der Waals surface area contributed by atoms with E-state index in [1.165, 1.54) is 0 Å². The summed E-state index contributed by atoms with van der Waals surface area (Å²) in [5.41, 5.74) is 7.06. The summed E-state index contributed by atoms with van der Waals surface area (Å²) in [5, 5.41) is 11.4. The van der Waals surface area contributed by atoms with Gasteiger partial charge in [-0.3, -0.25) is 4.79 Å². The maximum atomic E-state index is 12.4. The van der Waals surface area contributed by atoms with Gasteiger partial charge in [-0.25, -0.2) is 14.5 Å². The van der Waals surface area contributed by atoms with E-state index in [-0.39, 0.29) is 5.91 Å². The van der Waals surface area contributed by atoms with E-state index in [1.807, 2.05) is 59.0 Å². The van der Waals surface area contributed by atoms with Crippen LogP contribution in [0.1, 0.15) is 40.4 Å². The van der Waals surface area contributed by atoms with Crippen LogP contribution in [0.4, 0.5) is 5.69 Å². The Labute approximate surface area is 174 Å². The normalized spacial score (nSPS) is 11.2. The Morgan fingerprint density at radius 2 is 1.87 bits per heavy atom. The molecule has 0 atom stereocenters. The topological polar surface area (TPSA) is 98.2 Å². The van der Waals surface area contributed by atoms with Crippen LogP contribution in [-0.2, 0) is 11.2 Å². The van der Waals surface area contributed by atoms with Crippen LogP contribution in [0.3, 0.4) is 0 Å². The Morgan fingerprint density at radius 1 is 1.07 bits per heavy atom. The van der Waals surface area contributed by atoms with E-state index in [2.05, 4.69) is 25.5 Å². The van der Waals surface area contributed by atoms with Crippen LogP contribution in [-0.4, -0.2) is 30.6 Å². The van der Waals surface area contributed by atoms with Crippen LogP contribution in [0.5, 0.6) is 0 Å². The molecule has 4 rings (SSSR count). The predicted molar refractivity (Wildman–Crippen MR) is 113 cm³/mol. The summed E-state index contributed by atoms with van der Waals surface area (Å²) in [6, 6.07) is 5.85. The summed E-state index contributed by atoms with van der Waals surface area (Å²) in [5.74, 6) is 1.29. The Kier molecular flexibility index (Phi) is 5.07. The molecule has 0 aliphatic rings. The number of aryl methyl sites for hydroxylation is 5. The lowest BCUT2D eigenvalue weighted by atomic mass is 10.1. The third-order valence-corrected chi connectivity index (χ3v) is 5.30. The molecule has 8 nitrogen and oxygen atoms in total. The predicted octanol–water partition coefficient (Wildman–Crippen LogP) is 3.89. The van der Waals surface area contributed by atoms with Crippen LogP contribution < -0.4 is 5.32 Å². The minimum Gasteiger partial charge on any atom is -0.361 e. The van der Waals surface area contributed by atoms with Gasteiger partial charge in [0.05, 0.1) is 29.0 Å². The van der Waals surface area contributed by atoms with Gasteiger partial charge >= 0.3 is 0 Å². The van der Waals surface area contributed by atoms with Gasteiger partial charge in [0.2, 0.25) is 5.91 Å². The van der Waals surface area contributed by atoms with Gasteiger partial charge in [0.25, 0.3) is 5.78 Å². The molecule has 154 valence electrons. The van der Waals surface area contributed by atoms with Crippen molar-refractivity contribution in [1.29, 1.82) is 0 Å². The number of amides is 1. The summed E-state index contributed by atoms with van der Waals surface area (Å²) in [6.45, 7) is 9.56. The van der Waals surface area contributed by atoms with Crippen LogP contribution >= 0.6 is 0 Å². The van der Waals surface area contributed by atoms with Gasteiger partial charge in [0.15, 0.2) is 0 Å². The molecule has 3 aromatic heterocycles. The molecule has 0 unspecified atom stereocenters. The molecule has 3 heterocycles. The Morgan fingerprint density at radius 3 is 2.57 bits per heavy atom. The minimum atomic E-state index is -0.0436. The molecule has 0 saturated carbocycles. The van der Waals surface area contributed by atoms with E-state index in [0.29, 0.717) is 18.6 Å². The smallest absolute Gasteiger partial charge is 0.251 e. The Balaban J connectivity index is 1.48. The first-order chi connectivity index (χ1) is 14.3. The molecule has 1 amide bonds. The van der Waals surface area contributed by atoms with E-state index in [1.54, 1.807) is 4.52 Å². The molecule has 0 saturated heterocycles. The Bertz CT molecular complexity index is 1200. The summed E-state index contributed by atoms with van der Waals surface area (Å²) in [6.07, 6.45) is 2.84. The Hall–Kier alpha value is -3.55. The van der Waals surface area contributed by atoms with E-state index in [9.17, 15) is 4.79 Å². The lowest BCUT2D eigenvalue weighted by molar-refractivity contribution is -0.116. The van der Waals surface area contributed by atoms with Gasteiger partial charge < -0.3 is 9.84 Å². The average molecular weight is 404 g/mol. The molecule has 0 spiro atoms. The largest absolute Gasteiger partial charge is 0.361 e. The second-order valence-electron chi connectivity index (χ2n) is 7.53. The fourth-order valence-corrected chi connectivity index (χ4v) is 3.39. The number of rotatable bonds is 5. The third kappa shape index (κ3) is 3.80. The number of nitrogens with zero attached hydrogens (tertiary/aromatic N) is 5. The fraction of sp³-hybridized carbons (Fsp3) is 0.318. The standard InChI is InChI=1S/C22H24N6O2/c1-12-10-17(20-11-28-22(25-20)23-13(2)14(3)26-28)6-8-19(12)24-21(29)9-7-18-15(4)27-30-16(18)5/h6,8,10-11H,7,9H2,1-5H3,(H,24,29). The molecule has 0 aliphatic heterocycles. The van der Waals surface area contributed by atoms with Crippen LogP contribution in [0.25, 0.3) is 17.0 Å². The van der Waals surface area contributed by atoms with E-state index < -0.39 is 0 Å². The minimum absolute atomic E-state index is 0.0436. The van der Waals surface area contributed by atoms with Crippen molar-refractivity contribution in [1.82, 2.24) is 24.7 Å². The quantitative estimate of drug-likeness (QED) is 0.542. The van der Waals surface area contributed by atoms with Gasteiger partial charge in [-0.05, 0) is 58.7 Å². The average Bonchev–Trinajstić information content (AvgIpc) is 3.25. The van der Waals surface area contributed by atoms with Crippen LogP contribution in [0, 0.1) is 34.6 Å². The lowest BCUT2D eigenvalue weighted by Crippen LogP contribution is -2.13. The van der Waals surface area contributed by atoms with E-state index in [0.717, 1.165) is 50.9 Å². The molecule has 0 radical (unpaired) electrons. The highest BCUT2D eigenvalue weighted by Gasteiger charge is 2.13. The highest BCUT2D eigenvalue weighted by atomic mass is 16.5. The third-order valence-electron chi connectivity index (χ3n) is 5.30. The molecule has 8 heteroatoms. The van der Waals surface area contributed by atoms with Crippen molar-refractivity contribution in [2.45, 2.75) is 47.5 Å². The number of carbonyl (C=O) groups excluding carboxylic acids is 1. The first-order valence-electron chi connectivity index (χ1n) is 9.85. The number of anilines is 1. The number of imidazole rings is 1. The molecular formula is C22H24N6O2. The lowest BCUT2D eigenvalue weighted by Gasteiger charge is -2.09. The number of hydrogen-bond acceptors (Lipinski definition) is 6. The van der Waals surface area contributed by atoms with Crippen LogP contribution in [0.2, 0.25) is 0 Å². The SMILES string of the molecule is Cc1cc(-c2cn3nc(C)c(C)nc3n2)ccc1NC(=O)CCc1c(C)noc1C. The molecule has 4 aromatic rings. The van der Waals surface area contributed by atoms with Crippen molar-refractivity contribution in [3.8, 4) is 11.3 Å². The number of benzene rings is 1. The highest BCUT2D eigenvalue weighted by molar-refractivity contribution is 5.92. The molecule has 1 N–H and O–H groups in total. The van der Waals surface area contributed by atoms with Gasteiger partial charge in [-0.2, -0.15) is 5.10 Å². The van der Waals surface area contributed by atoms with Crippen molar-refractivity contribution in [3.63, 3.8) is 0 Å². The summed E-state index contributed by atoms with van der Waals surface area (Å²) < 4.78 is 6.85. The van der Waals surface area contributed by atoms with Gasteiger partial charge in [0, 0.05) is 23.2 Å². The molecule has 0 fully saturated rings. The zero-order valence-corrected chi connectivity index (χ0v) is 17.8. The molecule has 0 aliphatic carbocycles. The maximum absolute atomic E-state index is 12.4. The first kappa shape index (κ1) is 19.8. The molecule has 1 aromatic carbocycles. The number of fused-ring (bicyclic) bond motifs is 1. The van der Waals surface area contributed by atoms with Gasteiger partial charge in [-0.1, -0.05) is 11.2 Å².